The van der Waals surface area contributed by atoms with Crippen LogP contribution in [-0.2, 0) is 4.74 Å². The van der Waals surface area contributed by atoms with Crippen LogP contribution >= 0.6 is 11.5 Å². The Morgan fingerprint density at radius 1 is 1.32 bits per heavy atom. The Labute approximate surface area is 119 Å². The van der Waals surface area contributed by atoms with Crippen molar-refractivity contribution in [1.29, 1.82) is 0 Å². The molecule has 0 saturated carbocycles. The highest BCUT2D eigenvalue weighted by Crippen LogP contribution is 2.35. The van der Waals surface area contributed by atoms with Crippen molar-refractivity contribution in [1.82, 2.24) is 4.37 Å². The van der Waals surface area contributed by atoms with Crippen molar-refractivity contribution < 1.29 is 9.47 Å². The van der Waals surface area contributed by atoms with Crippen LogP contribution in [0.1, 0.15) is 34.1 Å². The predicted octanol–water partition coefficient (Wildman–Crippen LogP) is 2.99. The molecule has 110 valence electrons. The van der Waals surface area contributed by atoms with E-state index in [9.17, 15) is 0 Å². The van der Waals surface area contributed by atoms with Crippen molar-refractivity contribution in [2.45, 2.75) is 40.2 Å². The molecule has 0 unspecified atom stereocenters. The Bertz CT molecular complexity index is 367. The van der Waals surface area contributed by atoms with Crippen LogP contribution < -0.4 is 15.8 Å². The number of hydrogen-bond acceptors (Lipinski definition) is 6. The van der Waals surface area contributed by atoms with E-state index in [1.54, 1.807) is 0 Å². The number of hydrogen-bond donors (Lipinski definition) is 2. The Hall–Kier alpha value is -1.01. The molecule has 19 heavy (non-hydrogen) atoms. The molecule has 0 radical (unpaired) electrons. The van der Waals surface area contributed by atoms with Crippen LogP contribution in [0.5, 0.6) is 5.75 Å². The van der Waals surface area contributed by atoms with Gasteiger partial charge in [-0.2, -0.15) is 4.37 Å². The van der Waals surface area contributed by atoms with Gasteiger partial charge in [0.1, 0.15) is 0 Å². The van der Waals surface area contributed by atoms with E-state index < -0.39 is 0 Å². The van der Waals surface area contributed by atoms with Gasteiger partial charge in [0.05, 0.1) is 6.10 Å². The average Bonchev–Trinajstić information content (AvgIpc) is 2.65. The summed E-state index contributed by atoms with van der Waals surface area (Å²) in [6.07, 6.45) is 1.04. The minimum Gasteiger partial charge on any atom is -0.484 e. The number of rotatable bonds is 9. The average molecular weight is 287 g/mol. The summed E-state index contributed by atoms with van der Waals surface area (Å²) in [5.74, 6) is 1.71. The summed E-state index contributed by atoms with van der Waals surface area (Å²) in [7, 11) is 0. The molecule has 0 aliphatic carbocycles. The van der Waals surface area contributed by atoms with Crippen LogP contribution in [0.3, 0.4) is 0 Å². The fourth-order valence-corrected chi connectivity index (χ4v) is 2.13. The molecule has 0 aliphatic heterocycles. The molecule has 1 rings (SSSR count). The zero-order chi connectivity index (χ0) is 14.3. The Morgan fingerprint density at radius 2 is 2.05 bits per heavy atom. The van der Waals surface area contributed by atoms with Crippen LogP contribution in [0.4, 0.5) is 10.8 Å². The SMILES string of the molecule is CC(C)COCCCNc1snc(N)c1OC(C)C. The molecule has 0 fully saturated rings. The van der Waals surface area contributed by atoms with Crippen molar-refractivity contribution in [3.05, 3.63) is 0 Å². The molecule has 0 bridgehead atoms. The smallest absolute Gasteiger partial charge is 0.197 e. The maximum atomic E-state index is 5.78. The van der Waals surface area contributed by atoms with Crippen molar-refractivity contribution in [3.63, 3.8) is 0 Å². The highest BCUT2D eigenvalue weighted by Gasteiger charge is 2.13. The first-order valence-corrected chi connectivity index (χ1v) is 7.51. The van der Waals surface area contributed by atoms with Crippen molar-refractivity contribution in [3.8, 4) is 5.75 Å². The second-order valence-corrected chi connectivity index (χ2v) is 5.92. The molecule has 1 aromatic heterocycles. The first kappa shape index (κ1) is 16.0. The van der Waals surface area contributed by atoms with E-state index in [1.165, 1.54) is 11.5 Å². The number of ether oxygens (including phenoxy) is 2. The molecule has 0 atom stereocenters. The molecule has 6 heteroatoms. The quantitative estimate of drug-likeness (QED) is 0.683. The first-order chi connectivity index (χ1) is 9.00. The molecular formula is C13H25N3O2S. The minimum absolute atomic E-state index is 0.0913. The molecule has 0 amide bonds. The number of nitrogen functional groups attached to an aromatic ring is 1. The van der Waals surface area contributed by atoms with Gasteiger partial charge in [-0.1, -0.05) is 13.8 Å². The molecule has 0 aliphatic rings. The second kappa shape index (κ2) is 8.22. The number of nitrogens with two attached hydrogens (primary N) is 1. The third kappa shape index (κ3) is 6.11. The van der Waals surface area contributed by atoms with Gasteiger partial charge < -0.3 is 20.5 Å². The van der Waals surface area contributed by atoms with Gasteiger partial charge in [0.2, 0.25) is 0 Å². The van der Waals surface area contributed by atoms with E-state index in [0.717, 1.165) is 31.2 Å². The maximum Gasteiger partial charge on any atom is 0.197 e. The van der Waals surface area contributed by atoms with Gasteiger partial charge in [-0.15, -0.1) is 0 Å². The van der Waals surface area contributed by atoms with E-state index >= 15 is 0 Å². The van der Waals surface area contributed by atoms with E-state index in [2.05, 4.69) is 23.5 Å². The van der Waals surface area contributed by atoms with Gasteiger partial charge in [-0.25, -0.2) is 0 Å². The van der Waals surface area contributed by atoms with E-state index in [-0.39, 0.29) is 6.10 Å². The topological polar surface area (TPSA) is 69.4 Å². The highest BCUT2D eigenvalue weighted by molar-refractivity contribution is 7.11. The number of aromatic nitrogens is 1. The Balaban J connectivity index is 2.29. The third-order valence-electron chi connectivity index (χ3n) is 2.23. The van der Waals surface area contributed by atoms with Crippen molar-refractivity contribution >= 4 is 22.4 Å². The van der Waals surface area contributed by atoms with E-state index in [1.807, 2.05) is 13.8 Å². The molecule has 1 aromatic rings. The molecule has 3 N–H and O–H groups in total. The molecule has 0 aromatic carbocycles. The molecule has 0 spiro atoms. The van der Waals surface area contributed by atoms with Crippen LogP contribution in [0, 0.1) is 5.92 Å². The summed E-state index contributed by atoms with van der Waals surface area (Å²) in [6.45, 7) is 10.6. The van der Waals surface area contributed by atoms with Crippen LogP contribution in [-0.4, -0.2) is 30.2 Å². The summed E-state index contributed by atoms with van der Waals surface area (Å²) in [4.78, 5) is 0. The molecule has 1 heterocycles. The van der Waals surface area contributed by atoms with Gasteiger partial charge in [0.15, 0.2) is 16.6 Å². The van der Waals surface area contributed by atoms with Crippen molar-refractivity contribution in [2.75, 3.05) is 30.8 Å². The molecule has 5 nitrogen and oxygen atoms in total. The third-order valence-corrected chi connectivity index (χ3v) is 3.03. The lowest BCUT2D eigenvalue weighted by atomic mass is 10.2. The minimum atomic E-state index is 0.0913. The summed E-state index contributed by atoms with van der Waals surface area (Å²) in [6, 6.07) is 0. The zero-order valence-corrected chi connectivity index (χ0v) is 13.0. The van der Waals surface area contributed by atoms with E-state index in [0.29, 0.717) is 17.5 Å². The number of anilines is 2. The van der Waals surface area contributed by atoms with Gasteiger partial charge in [-0.05, 0) is 37.7 Å². The van der Waals surface area contributed by atoms with Gasteiger partial charge in [0.25, 0.3) is 0 Å². The number of nitrogens with one attached hydrogen (secondary N) is 1. The van der Waals surface area contributed by atoms with Gasteiger partial charge >= 0.3 is 0 Å². The van der Waals surface area contributed by atoms with Gasteiger partial charge in [0, 0.05) is 19.8 Å². The largest absolute Gasteiger partial charge is 0.484 e. The number of nitrogens with zero attached hydrogens (tertiary/aromatic N) is 1. The van der Waals surface area contributed by atoms with Crippen LogP contribution in [0.2, 0.25) is 0 Å². The van der Waals surface area contributed by atoms with Crippen molar-refractivity contribution in [2.24, 2.45) is 5.92 Å². The fraction of sp³-hybridized carbons (Fsp3) is 0.769. The summed E-state index contributed by atoms with van der Waals surface area (Å²) < 4.78 is 15.3. The van der Waals surface area contributed by atoms with Crippen LogP contribution in [0.15, 0.2) is 0 Å². The first-order valence-electron chi connectivity index (χ1n) is 6.74. The highest BCUT2D eigenvalue weighted by atomic mass is 32.1. The normalized spacial score (nSPS) is 11.3. The predicted molar refractivity (Wildman–Crippen MR) is 81.1 cm³/mol. The lowest BCUT2D eigenvalue weighted by molar-refractivity contribution is 0.110. The molecular weight excluding hydrogens is 262 g/mol. The lowest BCUT2D eigenvalue weighted by Crippen LogP contribution is -2.10. The standard InChI is InChI=1S/C13H25N3O2S/c1-9(2)8-17-7-5-6-15-13-11(18-10(3)4)12(14)16-19-13/h9-10,15H,5-8H2,1-4H3,(H2,14,16). The lowest BCUT2D eigenvalue weighted by Gasteiger charge is -2.12. The summed E-state index contributed by atoms with van der Waals surface area (Å²) in [5, 5.41) is 4.20. The Morgan fingerprint density at radius 3 is 2.68 bits per heavy atom. The van der Waals surface area contributed by atoms with Crippen LogP contribution in [0.25, 0.3) is 0 Å². The summed E-state index contributed by atoms with van der Waals surface area (Å²) in [5.41, 5.74) is 5.78. The van der Waals surface area contributed by atoms with Gasteiger partial charge in [-0.3, -0.25) is 0 Å². The maximum absolute atomic E-state index is 5.78. The zero-order valence-electron chi connectivity index (χ0n) is 12.2. The van der Waals surface area contributed by atoms with E-state index in [4.69, 9.17) is 15.2 Å². The fourth-order valence-electron chi connectivity index (χ4n) is 1.45. The monoisotopic (exact) mass is 287 g/mol. The molecule has 0 saturated heterocycles. The Kier molecular flexibility index (Phi) is 6.94. The summed E-state index contributed by atoms with van der Waals surface area (Å²) >= 11 is 1.33. The second-order valence-electron chi connectivity index (χ2n) is 5.14.